The molecule has 1 amide bonds. The Morgan fingerprint density at radius 1 is 1.11 bits per heavy atom. The summed E-state index contributed by atoms with van der Waals surface area (Å²) in [5.41, 5.74) is -3.05. The molecule has 0 saturated heterocycles. The molecule has 3 rings (SSSR count). The third kappa shape index (κ3) is 5.24. The highest BCUT2D eigenvalue weighted by Crippen LogP contribution is 2.31. The zero-order valence-corrected chi connectivity index (χ0v) is 19.6. The molecular formula is C23H22F6N4O3. The molecule has 0 saturated carbocycles. The molecule has 13 heteroatoms. The van der Waals surface area contributed by atoms with Crippen LogP contribution in [0.4, 0.5) is 32.0 Å². The smallest absolute Gasteiger partial charge is 0.425 e. The summed E-state index contributed by atoms with van der Waals surface area (Å²) in [6, 6.07) is 3.93. The first-order valence-corrected chi connectivity index (χ1v) is 10.7. The Morgan fingerprint density at radius 2 is 1.72 bits per heavy atom. The van der Waals surface area contributed by atoms with Gasteiger partial charge >= 0.3 is 11.9 Å². The van der Waals surface area contributed by atoms with E-state index in [9.17, 15) is 31.5 Å². The average molecular weight is 516 g/mol. The first-order chi connectivity index (χ1) is 16.8. The Hall–Kier alpha value is -3.77. The highest BCUT2D eigenvalue weighted by molar-refractivity contribution is 6.06. The largest absolute Gasteiger partial charge is 0.480 e. The van der Waals surface area contributed by atoms with Gasteiger partial charge in [0, 0.05) is 19.0 Å². The molecule has 0 bridgehead atoms. The van der Waals surface area contributed by atoms with E-state index in [1.165, 1.54) is 7.05 Å². The normalized spacial score (nSPS) is 13.4. The minimum Gasteiger partial charge on any atom is -0.480 e. The Labute approximate surface area is 201 Å². The molecule has 7 nitrogen and oxygen atoms in total. The van der Waals surface area contributed by atoms with E-state index in [-0.39, 0.29) is 5.92 Å². The van der Waals surface area contributed by atoms with Crippen LogP contribution in [0.15, 0.2) is 35.1 Å². The molecule has 1 heterocycles. The number of nitrogens with one attached hydrogen (secondary N) is 1. The Balaban J connectivity index is 2.16. The summed E-state index contributed by atoms with van der Waals surface area (Å²) in [6.45, 7) is 4.26. The molecule has 0 spiro atoms. The van der Waals surface area contributed by atoms with Gasteiger partial charge in [0.15, 0.2) is 6.10 Å². The van der Waals surface area contributed by atoms with E-state index in [1.54, 1.807) is 6.92 Å². The van der Waals surface area contributed by atoms with E-state index in [4.69, 9.17) is 4.74 Å². The number of alkyl halides is 3. The predicted octanol–water partition coefficient (Wildman–Crippen LogP) is 5.08. The standard InChI is InChI=1S/C23H22F6N4O3/c1-5-11(2)20-31-33(22(35)32(20)4)17-10-18(36-12(3)23(27,28)29)13(9-16(17)26)21(34)30-19-14(24)7-6-8-15(19)25/h6-12H,5H2,1-4H3,(H,30,34). The number of aromatic nitrogens is 3. The van der Waals surface area contributed by atoms with Gasteiger partial charge in [0.25, 0.3) is 5.91 Å². The molecule has 194 valence electrons. The highest BCUT2D eigenvalue weighted by atomic mass is 19.4. The van der Waals surface area contributed by atoms with Gasteiger partial charge in [-0.1, -0.05) is 19.9 Å². The van der Waals surface area contributed by atoms with Gasteiger partial charge < -0.3 is 10.1 Å². The lowest BCUT2D eigenvalue weighted by Crippen LogP contribution is -2.32. The summed E-state index contributed by atoms with van der Waals surface area (Å²) in [7, 11) is 1.40. The predicted molar refractivity (Wildman–Crippen MR) is 118 cm³/mol. The van der Waals surface area contributed by atoms with E-state index < -0.39 is 64.0 Å². The number of para-hydroxylation sites is 1. The van der Waals surface area contributed by atoms with Crippen LogP contribution in [0.25, 0.3) is 5.69 Å². The van der Waals surface area contributed by atoms with Gasteiger partial charge in [0.1, 0.15) is 40.4 Å². The van der Waals surface area contributed by atoms with E-state index in [1.807, 2.05) is 12.2 Å². The summed E-state index contributed by atoms with van der Waals surface area (Å²) in [5, 5.41) is 5.97. The van der Waals surface area contributed by atoms with Crippen LogP contribution < -0.4 is 15.7 Å². The van der Waals surface area contributed by atoms with E-state index >= 15 is 4.39 Å². The SMILES string of the molecule is CCC(C)c1nn(-c2cc(OC(C)C(F)(F)F)c(C(=O)Nc3c(F)cccc3F)cc2F)c(=O)n1C. The Bertz CT molecular complexity index is 1330. The lowest BCUT2D eigenvalue weighted by atomic mass is 10.1. The second kappa shape index (κ2) is 10.1. The van der Waals surface area contributed by atoms with Gasteiger partial charge in [-0.05, 0) is 31.5 Å². The quantitative estimate of drug-likeness (QED) is 0.444. The second-order valence-electron chi connectivity index (χ2n) is 8.07. The van der Waals surface area contributed by atoms with Crippen molar-refractivity contribution in [2.75, 3.05) is 5.32 Å². The molecule has 2 unspecified atom stereocenters. The number of hydrogen-bond acceptors (Lipinski definition) is 4. The molecule has 36 heavy (non-hydrogen) atoms. The zero-order chi connectivity index (χ0) is 26.9. The van der Waals surface area contributed by atoms with Crippen molar-refractivity contribution in [3.8, 4) is 11.4 Å². The summed E-state index contributed by atoms with van der Waals surface area (Å²) in [6.07, 6.45) is -6.73. The Kier molecular flexibility index (Phi) is 7.51. The molecule has 1 aromatic heterocycles. The topological polar surface area (TPSA) is 78.2 Å². The molecule has 3 aromatic rings. The minimum absolute atomic E-state index is 0.200. The van der Waals surface area contributed by atoms with Gasteiger partial charge in [-0.3, -0.25) is 9.36 Å². The van der Waals surface area contributed by atoms with Crippen LogP contribution >= 0.6 is 0 Å². The number of rotatable bonds is 7. The Morgan fingerprint density at radius 3 is 2.28 bits per heavy atom. The molecule has 0 radical (unpaired) electrons. The molecule has 0 fully saturated rings. The van der Waals surface area contributed by atoms with Crippen molar-refractivity contribution in [1.82, 2.24) is 14.3 Å². The van der Waals surface area contributed by atoms with Gasteiger partial charge in [-0.15, -0.1) is 5.10 Å². The molecule has 0 aliphatic heterocycles. The number of hydrogen-bond donors (Lipinski definition) is 1. The van der Waals surface area contributed by atoms with Crippen molar-refractivity contribution in [3.63, 3.8) is 0 Å². The lowest BCUT2D eigenvalue weighted by molar-refractivity contribution is -0.189. The summed E-state index contributed by atoms with van der Waals surface area (Å²) in [5.74, 6) is -5.57. The van der Waals surface area contributed by atoms with Crippen LogP contribution in [0.5, 0.6) is 5.75 Å². The maximum atomic E-state index is 15.1. The molecule has 0 aliphatic rings. The lowest BCUT2D eigenvalue weighted by Gasteiger charge is -2.20. The molecule has 1 N–H and O–H groups in total. The number of amides is 1. The third-order valence-electron chi connectivity index (χ3n) is 5.56. The minimum atomic E-state index is -4.87. The number of halogens is 6. The van der Waals surface area contributed by atoms with Crippen molar-refractivity contribution in [2.24, 2.45) is 7.05 Å². The van der Waals surface area contributed by atoms with Crippen LogP contribution in [0.1, 0.15) is 49.3 Å². The van der Waals surface area contributed by atoms with Crippen LogP contribution in [0.3, 0.4) is 0 Å². The van der Waals surface area contributed by atoms with Crippen LogP contribution in [-0.4, -0.2) is 32.5 Å². The van der Waals surface area contributed by atoms with Gasteiger partial charge in [-0.2, -0.15) is 17.9 Å². The summed E-state index contributed by atoms with van der Waals surface area (Å²) < 4.78 is 89.4. The number of carbonyl (C=O) groups excluding carboxylic acids is 1. The van der Waals surface area contributed by atoms with Gasteiger partial charge in [0.05, 0.1) is 5.56 Å². The number of anilines is 1. The van der Waals surface area contributed by atoms with Crippen LogP contribution in [0.2, 0.25) is 0 Å². The number of ether oxygens (including phenoxy) is 1. The number of benzene rings is 2. The molecular weight excluding hydrogens is 494 g/mol. The summed E-state index contributed by atoms with van der Waals surface area (Å²) >= 11 is 0. The number of nitrogens with zero attached hydrogens (tertiary/aromatic N) is 3. The van der Waals surface area contributed by atoms with Crippen molar-refractivity contribution in [3.05, 3.63) is 69.7 Å². The molecule has 2 atom stereocenters. The van der Waals surface area contributed by atoms with E-state index in [0.29, 0.717) is 36.0 Å². The maximum absolute atomic E-state index is 15.1. The van der Waals surface area contributed by atoms with Crippen molar-refractivity contribution in [2.45, 2.75) is 45.4 Å². The fourth-order valence-electron chi connectivity index (χ4n) is 3.26. The van der Waals surface area contributed by atoms with Gasteiger partial charge in [0.2, 0.25) is 0 Å². The van der Waals surface area contributed by atoms with Crippen molar-refractivity contribution in [1.29, 1.82) is 0 Å². The van der Waals surface area contributed by atoms with E-state index in [0.717, 1.165) is 22.8 Å². The third-order valence-corrected chi connectivity index (χ3v) is 5.56. The maximum Gasteiger partial charge on any atom is 0.425 e. The fraction of sp³-hybridized carbons (Fsp3) is 0.348. The monoisotopic (exact) mass is 516 g/mol. The van der Waals surface area contributed by atoms with Crippen LogP contribution in [0, 0.1) is 17.5 Å². The second-order valence-corrected chi connectivity index (χ2v) is 8.07. The average Bonchev–Trinajstić information content (AvgIpc) is 3.10. The van der Waals surface area contributed by atoms with Crippen molar-refractivity contribution >= 4 is 11.6 Å². The molecule has 2 aromatic carbocycles. The number of carbonyl (C=O) groups is 1. The summed E-state index contributed by atoms with van der Waals surface area (Å²) in [4.78, 5) is 25.5. The van der Waals surface area contributed by atoms with E-state index in [2.05, 4.69) is 5.10 Å². The first-order valence-electron chi connectivity index (χ1n) is 10.7. The zero-order valence-electron chi connectivity index (χ0n) is 19.6. The van der Waals surface area contributed by atoms with Crippen LogP contribution in [-0.2, 0) is 7.05 Å². The van der Waals surface area contributed by atoms with Gasteiger partial charge in [-0.25, -0.2) is 18.0 Å². The highest BCUT2D eigenvalue weighted by Gasteiger charge is 2.39. The molecule has 0 aliphatic carbocycles. The first kappa shape index (κ1) is 26.8. The van der Waals surface area contributed by atoms with Crippen molar-refractivity contribution < 1.29 is 35.9 Å². The fourth-order valence-corrected chi connectivity index (χ4v) is 3.26.